The number of carbonyl (C=O) groups excluding carboxylic acids is 1. The fraction of sp³-hybridized carbons (Fsp3) is 0.583. The summed E-state index contributed by atoms with van der Waals surface area (Å²) in [7, 11) is 0. The molecule has 2 heterocycles. The van der Waals surface area contributed by atoms with Crippen LogP contribution in [-0.4, -0.2) is 35.4 Å². The largest absolute Gasteiger partial charge is 0.336 e. The average Bonchev–Trinajstić information content (AvgIpc) is 2.89. The van der Waals surface area contributed by atoms with E-state index < -0.39 is 0 Å². The van der Waals surface area contributed by atoms with Crippen LogP contribution in [0.1, 0.15) is 26.5 Å². The monoisotopic (exact) mass is 253 g/mol. The number of hydrogen-bond acceptors (Lipinski definition) is 3. The SMILES string of the molecule is O=C(c1cc2c(s1)CCC2)N1CCSCC1. The van der Waals surface area contributed by atoms with Crippen molar-refractivity contribution in [3.63, 3.8) is 0 Å². The molecule has 1 fully saturated rings. The maximum absolute atomic E-state index is 12.2. The topological polar surface area (TPSA) is 20.3 Å². The van der Waals surface area contributed by atoms with Gasteiger partial charge in [0, 0.05) is 29.5 Å². The highest BCUT2D eigenvalue weighted by Gasteiger charge is 2.23. The van der Waals surface area contributed by atoms with E-state index in [2.05, 4.69) is 6.07 Å². The Bertz CT molecular complexity index is 386. The summed E-state index contributed by atoms with van der Waals surface area (Å²) in [5, 5.41) is 0. The summed E-state index contributed by atoms with van der Waals surface area (Å²) in [6, 6.07) is 2.14. The van der Waals surface area contributed by atoms with Crippen molar-refractivity contribution in [2.45, 2.75) is 19.3 Å². The van der Waals surface area contributed by atoms with Crippen LogP contribution in [0.15, 0.2) is 6.07 Å². The average molecular weight is 253 g/mol. The Morgan fingerprint density at radius 3 is 2.81 bits per heavy atom. The van der Waals surface area contributed by atoms with Crippen molar-refractivity contribution in [1.29, 1.82) is 0 Å². The second-order valence-corrected chi connectivity index (χ2v) is 6.68. The van der Waals surface area contributed by atoms with E-state index >= 15 is 0 Å². The van der Waals surface area contributed by atoms with Crippen LogP contribution < -0.4 is 0 Å². The Balaban J connectivity index is 1.78. The first-order chi connectivity index (χ1) is 7.84. The highest BCUT2D eigenvalue weighted by molar-refractivity contribution is 7.99. The molecule has 0 bridgehead atoms. The van der Waals surface area contributed by atoms with E-state index in [9.17, 15) is 4.79 Å². The van der Waals surface area contributed by atoms with E-state index in [-0.39, 0.29) is 5.91 Å². The molecule has 0 saturated carbocycles. The fourth-order valence-electron chi connectivity index (χ4n) is 2.36. The molecule has 2 nitrogen and oxygen atoms in total. The van der Waals surface area contributed by atoms with Gasteiger partial charge in [-0.1, -0.05) is 0 Å². The molecule has 0 spiro atoms. The van der Waals surface area contributed by atoms with Crippen LogP contribution in [0.25, 0.3) is 0 Å². The second-order valence-electron chi connectivity index (χ2n) is 4.32. The van der Waals surface area contributed by atoms with E-state index in [1.165, 1.54) is 29.7 Å². The molecule has 1 amide bonds. The number of thiophene rings is 1. The molecular weight excluding hydrogens is 238 g/mol. The molecule has 0 atom stereocenters. The van der Waals surface area contributed by atoms with Crippen LogP contribution in [0.2, 0.25) is 0 Å². The zero-order chi connectivity index (χ0) is 11.0. The van der Waals surface area contributed by atoms with Gasteiger partial charge in [0.2, 0.25) is 0 Å². The first kappa shape index (κ1) is 10.7. The van der Waals surface area contributed by atoms with Gasteiger partial charge in [-0.2, -0.15) is 11.8 Å². The second kappa shape index (κ2) is 4.41. The van der Waals surface area contributed by atoms with Gasteiger partial charge in [-0.25, -0.2) is 0 Å². The Morgan fingerprint density at radius 2 is 2.06 bits per heavy atom. The standard InChI is InChI=1S/C12H15NOS2/c14-12(13-4-6-15-7-5-13)11-8-9-2-1-3-10(9)16-11/h8H,1-7H2. The summed E-state index contributed by atoms with van der Waals surface area (Å²) in [5.41, 5.74) is 1.43. The fourth-order valence-corrected chi connectivity index (χ4v) is 4.48. The summed E-state index contributed by atoms with van der Waals surface area (Å²) in [6.45, 7) is 1.85. The maximum atomic E-state index is 12.2. The van der Waals surface area contributed by atoms with Crippen LogP contribution in [-0.2, 0) is 12.8 Å². The molecule has 1 aliphatic carbocycles. The summed E-state index contributed by atoms with van der Waals surface area (Å²) >= 11 is 3.67. The third kappa shape index (κ3) is 1.89. The summed E-state index contributed by atoms with van der Waals surface area (Å²) < 4.78 is 0. The highest BCUT2D eigenvalue weighted by Crippen LogP contribution is 2.31. The van der Waals surface area contributed by atoms with Crippen molar-refractivity contribution < 1.29 is 4.79 Å². The van der Waals surface area contributed by atoms with Gasteiger partial charge in [-0.3, -0.25) is 4.79 Å². The van der Waals surface area contributed by atoms with E-state index in [1.54, 1.807) is 11.3 Å². The smallest absolute Gasteiger partial charge is 0.263 e. The zero-order valence-corrected chi connectivity index (χ0v) is 10.8. The molecule has 1 aliphatic heterocycles. The van der Waals surface area contributed by atoms with Crippen molar-refractivity contribution in [3.05, 3.63) is 21.4 Å². The number of carbonyl (C=O) groups is 1. The number of thioether (sulfide) groups is 1. The van der Waals surface area contributed by atoms with Crippen LogP contribution in [0.3, 0.4) is 0 Å². The highest BCUT2D eigenvalue weighted by atomic mass is 32.2. The minimum atomic E-state index is 0.264. The molecule has 2 aliphatic rings. The third-order valence-electron chi connectivity index (χ3n) is 3.26. The molecule has 0 aromatic carbocycles. The van der Waals surface area contributed by atoms with E-state index in [0.717, 1.165) is 29.5 Å². The predicted octanol–water partition coefficient (Wildman–Crippen LogP) is 2.43. The lowest BCUT2D eigenvalue weighted by atomic mass is 10.2. The van der Waals surface area contributed by atoms with Gasteiger partial charge in [0.05, 0.1) is 4.88 Å². The van der Waals surface area contributed by atoms with Gasteiger partial charge >= 0.3 is 0 Å². The zero-order valence-electron chi connectivity index (χ0n) is 9.20. The number of rotatable bonds is 1. The van der Waals surface area contributed by atoms with Gasteiger partial charge in [-0.05, 0) is 30.9 Å². The van der Waals surface area contributed by atoms with E-state index in [1.807, 2.05) is 16.7 Å². The number of aryl methyl sites for hydroxylation is 2. The van der Waals surface area contributed by atoms with Crippen LogP contribution in [0.5, 0.6) is 0 Å². The minimum absolute atomic E-state index is 0.264. The molecule has 3 rings (SSSR count). The van der Waals surface area contributed by atoms with E-state index in [0.29, 0.717) is 0 Å². The van der Waals surface area contributed by atoms with Crippen molar-refractivity contribution in [2.75, 3.05) is 24.6 Å². The van der Waals surface area contributed by atoms with Crippen molar-refractivity contribution in [2.24, 2.45) is 0 Å². The predicted molar refractivity (Wildman–Crippen MR) is 69.6 cm³/mol. The normalized spacial score (nSPS) is 19.9. The van der Waals surface area contributed by atoms with Crippen LogP contribution in [0.4, 0.5) is 0 Å². The molecule has 86 valence electrons. The Morgan fingerprint density at radius 1 is 1.25 bits per heavy atom. The summed E-state index contributed by atoms with van der Waals surface area (Å²) in [5.74, 6) is 2.45. The summed E-state index contributed by atoms with van der Waals surface area (Å²) in [4.78, 5) is 16.7. The Kier molecular flexibility index (Phi) is 2.94. The van der Waals surface area contributed by atoms with Crippen LogP contribution >= 0.6 is 23.1 Å². The van der Waals surface area contributed by atoms with Gasteiger partial charge in [0.25, 0.3) is 5.91 Å². The lowest BCUT2D eigenvalue weighted by Gasteiger charge is -2.25. The maximum Gasteiger partial charge on any atom is 0.263 e. The van der Waals surface area contributed by atoms with Crippen molar-refractivity contribution in [1.82, 2.24) is 4.90 Å². The molecule has 1 aromatic rings. The van der Waals surface area contributed by atoms with Gasteiger partial charge in [0.1, 0.15) is 0 Å². The number of nitrogens with zero attached hydrogens (tertiary/aromatic N) is 1. The van der Waals surface area contributed by atoms with E-state index in [4.69, 9.17) is 0 Å². The molecule has 16 heavy (non-hydrogen) atoms. The summed E-state index contributed by atoms with van der Waals surface area (Å²) in [6.07, 6.45) is 3.63. The van der Waals surface area contributed by atoms with Gasteiger partial charge in [0.15, 0.2) is 0 Å². The van der Waals surface area contributed by atoms with Gasteiger partial charge < -0.3 is 4.90 Å². The Labute approximate surface area is 104 Å². The molecule has 1 aromatic heterocycles. The van der Waals surface area contributed by atoms with Crippen LogP contribution in [0, 0.1) is 0 Å². The Hall–Kier alpha value is -0.480. The van der Waals surface area contributed by atoms with Crippen molar-refractivity contribution >= 4 is 29.0 Å². The quantitative estimate of drug-likeness (QED) is 0.766. The lowest BCUT2D eigenvalue weighted by molar-refractivity contribution is 0.0777. The molecule has 0 radical (unpaired) electrons. The number of hydrogen-bond donors (Lipinski definition) is 0. The molecule has 4 heteroatoms. The van der Waals surface area contributed by atoms with Gasteiger partial charge in [-0.15, -0.1) is 11.3 Å². The number of amides is 1. The molecule has 0 N–H and O–H groups in total. The third-order valence-corrected chi connectivity index (χ3v) is 5.42. The van der Waals surface area contributed by atoms with Crippen molar-refractivity contribution in [3.8, 4) is 0 Å². The molecular formula is C12H15NOS2. The first-order valence-corrected chi connectivity index (χ1v) is 7.80. The molecule has 1 saturated heterocycles. The number of fused-ring (bicyclic) bond motifs is 1. The minimum Gasteiger partial charge on any atom is -0.336 e. The molecule has 0 unspecified atom stereocenters. The lowest BCUT2D eigenvalue weighted by Crippen LogP contribution is -2.37. The first-order valence-electron chi connectivity index (χ1n) is 5.83.